The molecule has 12 nitrogen and oxygen atoms in total. The zero-order chi connectivity index (χ0) is 30.0. The molecule has 2 aromatic carbocycles. The Hall–Kier alpha value is -4.87. The van der Waals surface area contributed by atoms with Crippen LogP contribution in [0.4, 0.5) is 5.69 Å². The maximum Gasteiger partial charge on any atom is 0.268 e. The Labute approximate surface area is 242 Å². The molecule has 4 atom stereocenters. The molecule has 3 aromatic rings. The molecule has 1 aromatic heterocycles. The number of Topliss-reactive ketones (excluding diaryl/α,β-unsaturated/α-hetero) is 1. The van der Waals surface area contributed by atoms with E-state index in [2.05, 4.69) is 20.9 Å². The molecule has 2 saturated heterocycles. The lowest BCUT2D eigenvalue weighted by molar-refractivity contribution is -0.139. The zero-order valence-electron chi connectivity index (χ0n) is 23.4. The van der Waals surface area contributed by atoms with Gasteiger partial charge in [0.2, 0.25) is 11.8 Å². The average molecular weight is 575 g/mol. The number of nitrogens with zero attached hydrogens (tertiary/aromatic N) is 1. The van der Waals surface area contributed by atoms with E-state index < -0.39 is 47.5 Å². The molecule has 6 N–H and O–H groups in total. The molecule has 0 bridgehead atoms. The van der Waals surface area contributed by atoms with Crippen molar-refractivity contribution in [3.8, 4) is 5.75 Å². The zero-order valence-corrected chi connectivity index (χ0v) is 23.4. The maximum atomic E-state index is 13.7. The largest absolute Gasteiger partial charge is 0.496 e. The van der Waals surface area contributed by atoms with Crippen molar-refractivity contribution in [1.29, 1.82) is 0 Å². The van der Waals surface area contributed by atoms with Crippen molar-refractivity contribution in [1.82, 2.24) is 25.8 Å². The fourth-order valence-electron chi connectivity index (χ4n) is 5.82. The number of rotatable bonds is 10. The Bertz CT molecular complexity index is 1550. The molecule has 0 spiro atoms. The number of carbonyl (C=O) groups excluding carboxylic acids is 5. The van der Waals surface area contributed by atoms with Gasteiger partial charge in [-0.3, -0.25) is 24.0 Å². The van der Waals surface area contributed by atoms with Crippen LogP contribution in [-0.2, 0) is 14.4 Å². The second-order valence-corrected chi connectivity index (χ2v) is 10.7. The number of aromatic amines is 1. The molecule has 2 fully saturated rings. The molecule has 2 aliphatic rings. The maximum absolute atomic E-state index is 13.7. The van der Waals surface area contributed by atoms with Gasteiger partial charge in [-0.05, 0) is 56.5 Å². The summed E-state index contributed by atoms with van der Waals surface area (Å²) >= 11 is 0. The van der Waals surface area contributed by atoms with Gasteiger partial charge in [-0.2, -0.15) is 0 Å². The normalized spacial score (nSPS) is 20.8. The number of fused-ring (bicyclic) bond motifs is 1. The van der Waals surface area contributed by atoms with Crippen molar-refractivity contribution in [3.63, 3.8) is 0 Å². The number of anilines is 1. The van der Waals surface area contributed by atoms with Gasteiger partial charge in [-0.25, -0.2) is 0 Å². The molecule has 5 rings (SSSR count). The topological polar surface area (TPSA) is 176 Å². The Morgan fingerprint density at radius 3 is 2.62 bits per heavy atom. The van der Waals surface area contributed by atoms with Crippen LogP contribution < -0.4 is 26.4 Å². The highest BCUT2D eigenvalue weighted by atomic mass is 16.5. The summed E-state index contributed by atoms with van der Waals surface area (Å²) in [6.45, 7) is 1.94. The molecule has 2 aliphatic heterocycles. The lowest BCUT2D eigenvalue weighted by atomic mass is 9.94. The lowest BCUT2D eigenvalue weighted by Crippen LogP contribution is -2.52. The highest BCUT2D eigenvalue weighted by molar-refractivity contribution is 6.04. The molecule has 0 saturated carbocycles. The van der Waals surface area contributed by atoms with Crippen molar-refractivity contribution < 1.29 is 28.7 Å². The minimum atomic E-state index is -0.964. The number of carbonyl (C=O) groups is 5. The lowest BCUT2D eigenvalue weighted by Gasteiger charge is -2.32. The summed E-state index contributed by atoms with van der Waals surface area (Å²) in [5.74, 6) is -1.82. The van der Waals surface area contributed by atoms with Crippen molar-refractivity contribution >= 4 is 46.0 Å². The van der Waals surface area contributed by atoms with Gasteiger partial charge in [0.15, 0.2) is 5.78 Å². The number of hydrogen-bond acceptors (Lipinski definition) is 7. The van der Waals surface area contributed by atoms with Crippen LogP contribution in [0.15, 0.2) is 48.5 Å². The summed E-state index contributed by atoms with van der Waals surface area (Å²) in [5.41, 5.74) is 7.39. The molecular formula is C30H34N6O6. The van der Waals surface area contributed by atoms with Crippen molar-refractivity contribution in [2.45, 2.75) is 44.3 Å². The molecule has 1 unspecified atom stereocenters. The number of para-hydroxylation sites is 1. The van der Waals surface area contributed by atoms with Crippen LogP contribution in [0, 0.1) is 5.92 Å². The van der Waals surface area contributed by atoms with Crippen LogP contribution in [0.25, 0.3) is 10.9 Å². The van der Waals surface area contributed by atoms with Crippen LogP contribution in [0.5, 0.6) is 5.75 Å². The van der Waals surface area contributed by atoms with E-state index in [1.165, 1.54) is 4.90 Å². The van der Waals surface area contributed by atoms with E-state index in [9.17, 15) is 24.0 Å². The predicted molar refractivity (Wildman–Crippen MR) is 155 cm³/mol. The number of methoxy groups -OCH3 is 1. The van der Waals surface area contributed by atoms with Gasteiger partial charge >= 0.3 is 0 Å². The first-order valence-corrected chi connectivity index (χ1v) is 13.9. The van der Waals surface area contributed by atoms with Gasteiger partial charge < -0.3 is 36.3 Å². The molecule has 4 amide bonds. The number of nitrogens with one attached hydrogen (secondary N) is 4. The summed E-state index contributed by atoms with van der Waals surface area (Å²) in [5, 5.41) is 8.91. The number of hydrogen-bond donors (Lipinski definition) is 5. The molecule has 0 aliphatic carbocycles. The fourth-order valence-corrected chi connectivity index (χ4v) is 5.82. The summed E-state index contributed by atoms with van der Waals surface area (Å²) in [4.78, 5) is 70.0. The van der Waals surface area contributed by atoms with Crippen LogP contribution in [-0.4, -0.2) is 77.6 Å². The van der Waals surface area contributed by atoms with Gasteiger partial charge in [0.25, 0.3) is 11.8 Å². The van der Waals surface area contributed by atoms with E-state index in [0.29, 0.717) is 24.2 Å². The van der Waals surface area contributed by atoms with E-state index in [4.69, 9.17) is 10.5 Å². The second kappa shape index (κ2) is 11.9. The first-order valence-electron chi connectivity index (χ1n) is 13.9. The first-order chi connectivity index (χ1) is 20.2. The number of amides is 4. The quantitative estimate of drug-likeness (QED) is 0.227. The van der Waals surface area contributed by atoms with Gasteiger partial charge in [0.05, 0.1) is 25.3 Å². The Morgan fingerprint density at radius 1 is 1.12 bits per heavy atom. The highest BCUT2D eigenvalue weighted by Gasteiger charge is 2.45. The first kappa shape index (κ1) is 28.7. The van der Waals surface area contributed by atoms with E-state index in [1.54, 1.807) is 56.5 Å². The minimum absolute atomic E-state index is 0.118. The van der Waals surface area contributed by atoms with Crippen LogP contribution >= 0.6 is 0 Å². The van der Waals surface area contributed by atoms with Crippen LogP contribution in [0.1, 0.15) is 47.0 Å². The van der Waals surface area contributed by atoms with Gasteiger partial charge in [-0.1, -0.05) is 18.2 Å². The molecular weight excluding hydrogens is 540 g/mol. The van der Waals surface area contributed by atoms with Crippen LogP contribution in [0.3, 0.4) is 0 Å². The van der Waals surface area contributed by atoms with E-state index in [-0.39, 0.29) is 42.2 Å². The Morgan fingerprint density at radius 2 is 1.90 bits per heavy atom. The number of ether oxygens (including phenoxy) is 1. The number of ketones is 1. The average Bonchev–Trinajstić information content (AvgIpc) is 3.67. The third kappa shape index (κ3) is 5.65. The van der Waals surface area contributed by atoms with Gasteiger partial charge in [-0.15, -0.1) is 0 Å². The Balaban J connectivity index is 1.32. The SMILES string of the molecule is COc1cccc2[nH]c(C(=O)N[C@H]3CC(C)N([C@@H](C[C@@H]4CCNC4=O)C(=O)CNC(=O)c4ccccc4N)C3=O)cc12. The standard InChI is InChI=1S/C30H34N6O6/c1-16-12-23(35-29(40)22-14-19-21(34-22)8-5-9-26(19)42-2)30(41)36(16)24(13-17-10-11-32-27(17)38)25(37)15-33-28(39)18-6-3-4-7-20(18)31/h3-9,14,16-17,23-24,34H,10-13,15,31H2,1-2H3,(H,32,38)(H,33,39)(H,35,40)/t16?,17-,23-,24-/m0/s1. The highest BCUT2D eigenvalue weighted by Crippen LogP contribution is 2.29. The number of likely N-dealkylation sites (tertiary alicyclic amines) is 1. The number of H-pyrrole nitrogens is 1. The third-order valence-electron chi connectivity index (χ3n) is 8.00. The van der Waals surface area contributed by atoms with Crippen molar-refractivity contribution in [3.05, 3.63) is 59.8 Å². The second-order valence-electron chi connectivity index (χ2n) is 10.7. The number of nitrogen functional groups attached to an aromatic ring is 1. The summed E-state index contributed by atoms with van der Waals surface area (Å²) in [6, 6.07) is 11.4. The molecule has 220 valence electrons. The van der Waals surface area contributed by atoms with E-state index in [1.807, 2.05) is 6.07 Å². The predicted octanol–water partition coefficient (Wildman–Crippen LogP) is 1.37. The van der Waals surface area contributed by atoms with Gasteiger partial charge in [0, 0.05) is 35.1 Å². The number of nitrogens with two attached hydrogens (primary N) is 1. The van der Waals surface area contributed by atoms with E-state index >= 15 is 0 Å². The molecule has 42 heavy (non-hydrogen) atoms. The van der Waals surface area contributed by atoms with Gasteiger partial charge in [0.1, 0.15) is 17.5 Å². The summed E-state index contributed by atoms with van der Waals surface area (Å²) in [7, 11) is 1.55. The van der Waals surface area contributed by atoms with Crippen molar-refractivity contribution in [2.24, 2.45) is 5.92 Å². The molecule has 0 radical (unpaired) electrons. The monoisotopic (exact) mass is 574 g/mol. The molecule has 12 heteroatoms. The number of benzene rings is 2. The summed E-state index contributed by atoms with van der Waals surface area (Å²) < 4.78 is 5.37. The fraction of sp³-hybridized carbons (Fsp3) is 0.367. The van der Waals surface area contributed by atoms with Crippen molar-refractivity contribution in [2.75, 3.05) is 25.9 Å². The van der Waals surface area contributed by atoms with Crippen LogP contribution in [0.2, 0.25) is 0 Å². The summed E-state index contributed by atoms with van der Waals surface area (Å²) in [6.07, 6.45) is 0.935. The minimum Gasteiger partial charge on any atom is -0.496 e. The molecule has 3 heterocycles. The Kier molecular flexibility index (Phi) is 8.14. The van der Waals surface area contributed by atoms with E-state index in [0.717, 1.165) is 5.39 Å². The third-order valence-corrected chi connectivity index (χ3v) is 8.00. The number of aromatic nitrogens is 1. The smallest absolute Gasteiger partial charge is 0.268 e.